The van der Waals surface area contributed by atoms with Crippen molar-refractivity contribution in [3.05, 3.63) is 66.2 Å². The molecule has 2 nitrogen and oxygen atoms in total. The third-order valence-electron chi connectivity index (χ3n) is 2.84. The highest BCUT2D eigenvalue weighted by molar-refractivity contribution is 7.99. The van der Waals surface area contributed by atoms with Gasteiger partial charge in [0.1, 0.15) is 5.60 Å². The lowest BCUT2D eigenvalue weighted by Crippen LogP contribution is -2.27. The Hall–Kier alpha value is -1.29. The third-order valence-corrected chi connectivity index (χ3v) is 4.14. The van der Waals surface area contributed by atoms with Crippen LogP contribution in [0.15, 0.2) is 65.6 Å². The summed E-state index contributed by atoms with van der Waals surface area (Å²) in [7, 11) is 0. The Morgan fingerprint density at radius 1 is 1.00 bits per heavy atom. The van der Waals surface area contributed by atoms with Crippen LogP contribution in [0.25, 0.3) is 0 Å². The molecule has 1 N–H and O–H groups in total. The largest absolute Gasteiger partial charge is 0.251 e. The Bertz CT molecular complexity index is 472. The first-order chi connectivity index (χ1) is 8.74. The molecule has 2 aromatic carbocycles. The van der Waals surface area contributed by atoms with Gasteiger partial charge in [0.2, 0.25) is 0 Å². The molecular weight excluding hydrogens is 244 g/mol. The molecule has 18 heavy (non-hydrogen) atoms. The van der Waals surface area contributed by atoms with Crippen molar-refractivity contribution in [2.24, 2.45) is 0 Å². The summed E-state index contributed by atoms with van der Waals surface area (Å²) in [6.07, 6.45) is 0. The van der Waals surface area contributed by atoms with Crippen LogP contribution < -0.4 is 0 Å². The van der Waals surface area contributed by atoms with Crippen molar-refractivity contribution < 1.29 is 10.1 Å². The fourth-order valence-electron chi connectivity index (χ4n) is 1.69. The van der Waals surface area contributed by atoms with Gasteiger partial charge in [-0.25, -0.2) is 4.89 Å². The average molecular weight is 260 g/mol. The van der Waals surface area contributed by atoms with Gasteiger partial charge in [0.05, 0.1) is 0 Å². The van der Waals surface area contributed by atoms with E-state index >= 15 is 0 Å². The first kappa shape index (κ1) is 13.1. The molecule has 0 radical (unpaired) electrons. The van der Waals surface area contributed by atoms with Crippen molar-refractivity contribution in [2.75, 3.05) is 5.75 Å². The topological polar surface area (TPSA) is 29.5 Å². The van der Waals surface area contributed by atoms with Gasteiger partial charge in [0.15, 0.2) is 0 Å². The molecule has 2 aromatic rings. The zero-order valence-corrected chi connectivity index (χ0v) is 11.1. The lowest BCUT2D eigenvalue weighted by Gasteiger charge is -2.26. The van der Waals surface area contributed by atoms with Crippen LogP contribution in [0, 0.1) is 0 Å². The summed E-state index contributed by atoms with van der Waals surface area (Å²) in [4.78, 5) is 5.89. The fraction of sp³-hybridized carbons (Fsp3) is 0.200. The molecule has 2 rings (SSSR count). The number of thioether (sulfide) groups is 1. The van der Waals surface area contributed by atoms with E-state index in [0.29, 0.717) is 5.75 Å². The van der Waals surface area contributed by atoms with Gasteiger partial charge in [-0.1, -0.05) is 48.5 Å². The van der Waals surface area contributed by atoms with Gasteiger partial charge in [-0.15, -0.1) is 11.8 Å². The lowest BCUT2D eigenvalue weighted by molar-refractivity contribution is -0.316. The van der Waals surface area contributed by atoms with Crippen LogP contribution in [0.2, 0.25) is 0 Å². The van der Waals surface area contributed by atoms with Gasteiger partial charge in [-0.3, -0.25) is 5.26 Å². The first-order valence-electron chi connectivity index (χ1n) is 5.80. The first-order valence-corrected chi connectivity index (χ1v) is 6.79. The second-order valence-electron chi connectivity index (χ2n) is 4.29. The number of hydrogen-bond donors (Lipinski definition) is 1. The minimum absolute atomic E-state index is 0.650. The molecule has 0 aliphatic rings. The second-order valence-corrected chi connectivity index (χ2v) is 5.34. The van der Waals surface area contributed by atoms with E-state index in [4.69, 9.17) is 4.89 Å². The maximum absolute atomic E-state index is 9.20. The molecule has 0 aliphatic heterocycles. The van der Waals surface area contributed by atoms with Crippen molar-refractivity contribution in [1.82, 2.24) is 0 Å². The minimum atomic E-state index is -0.693. The fourth-order valence-corrected chi connectivity index (χ4v) is 2.70. The van der Waals surface area contributed by atoms with Crippen LogP contribution in [0.5, 0.6) is 0 Å². The van der Waals surface area contributed by atoms with E-state index in [1.807, 2.05) is 67.6 Å². The maximum Gasteiger partial charge on any atom is 0.135 e. The molecule has 0 spiro atoms. The molecule has 0 bridgehead atoms. The predicted molar refractivity (Wildman–Crippen MR) is 74.7 cm³/mol. The summed E-state index contributed by atoms with van der Waals surface area (Å²) in [5.74, 6) is 0.650. The summed E-state index contributed by atoms with van der Waals surface area (Å²) in [6.45, 7) is 1.89. The zero-order chi connectivity index (χ0) is 12.8. The average Bonchev–Trinajstić information content (AvgIpc) is 2.47. The molecule has 0 aromatic heterocycles. The Morgan fingerprint density at radius 2 is 1.56 bits per heavy atom. The molecule has 0 saturated carbocycles. The van der Waals surface area contributed by atoms with E-state index in [0.717, 1.165) is 10.5 Å². The van der Waals surface area contributed by atoms with E-state index in [2.05, 4.69) is 0 Å². The molecule has 0 saturated heterocycles. The molecule has 3 heteroatoms. The Morgan fingerprint density at radius 3 is 2.11 bits per heavy atom. The number of benzene rings is 2. The summed E-state index contributed by atoms with van der Waals surface area (Å²) in [5, 5.41) is 9.20. The molecule has 0 amide bonds. The summed E-state index contributed by atoms with van der Waals surface area (Å²) < 4.78 is 0. The van der Waals surface area contributed by atoms with Crippen molar-refractivity contribution in [2.45, 2.75) is 17.4 Å². The van der Waals surface area contributed by atoms with Crippen molar-refractivity contribution in [3.63, 3.8) is 0 Å². The van der Waals surface area contributed by atoms with Crippen molar-refractivity contribution in [3.8, 4) is 0 Å². The van der Waals surface area contributed by atoms with E-state index in [1.54, 1.807) is 11.8 Å². The van der Waals surface area contributed by atoms with Crippen LogP contribution in [-0.2, 0) is 10.5 Å². The van der Waals surface area contributed by atoms with Crippen LogP contribution in [-0.4, -0.2) is 11.0 Å². The van der Waals surface area contributed by atoms with Crippen molar-refractivity contribution in [1.29, 1.82) is 0 Å². The van der Waals surface area contributed by atoms with Gasteiger partial charge >= 0.3 is 0 Å². The van der Waals surface area contributed by atoms with Gasteiger partial charge in [0.25, 0.3) is 0 Å². The standard InChI is InChI=1S/C15H16O2S/c1-15(17-16,13-8-4-2-5-9-13)12-18-14-10-6-3-7-11-14/h2-11,16H,12H2,1H3. The summed E-state index contributed by atoms with van der Waals surface area (Å²) >= 11 is 1.66. The number of hydrogen-bond acceptors (Lipinski definition) is 3. The van der Waals surface area contributed by atoms with Gasteiger partial charge in [0, 0.05) is 10.6 Å². The molecular formula is C15H16O2S. The van der Waals surface area contributed by atoms with E-state index in [1.165, 1.54) is 0 Å². The monoisotopic (exact) mass is 260 g/mol. The quantitative estimate of drug-likeness (QED) is 0.497. The molecule has 0 heterocycles. The van der Waals surface area contributed by atoms with E-state index in [9.17, 15) is 5.26 Å². The van der Waals surface area contributed by atoms with Crippen LogP contribution >= 0.6 is 11.8 Å². The highest BCUT2D eigenvalue weighted by atomic mass is 32.2. The highest BCUT2D eigenvalue weighted by Gasteiger charge is 2.28. The van der Waals surface area contributed by atoms with Gasteiger partial charge < -0.3 is 0 Å². The Labute approximate surface area is 112 Å². The summed E-state index contributed by atoms with van der Waals surface area (Å²) in [6, 6.07) is 19.8. The molecule has 1 unspecified atom stereocenters. The third kappa shape index (κ3) is 3.13. The lowest BCUT2D eigenvalue weighted by atomic mass is 9.98. The van der Waals surface area contributed by atoms with Crippen LogP contribution in [0.3, 0.4) is 0 Å². The van der Waals surface area contributed by atoms with Gasteiger partial charge in [-0.2, -0.15) is 0 Å². The SMILES string of the molecule is CC(CSc1ccccc1)(OO)c1ccccc1. The van der Waals surface area contributed by atoms with E-state index in [-0.39, 0.29) is 0 Å². The Balaban J connectivity index is 2.10. The molecule has 0 aliphatic carbocycles. The molecule has 0 fully saturated rings. The summed E-state index contributed by atoms with van der Waals surface area (Å²) in [5.41, 5.74) is 0.276. The Kier molecular flexibility index (Phi) is 4.42. The van der Waals surface area contributed by atoms with Crippen molar-refractivity contribution >= 4 is 11.8 Å². The molecule has 1 atom stereocenters. The smallest absolute Gasteiger partial charge is 0.135 e. The van der Waals surface area contributed by atoms with E-state index < -0.39 is 5.60 Å². The molecule has 94 valence electrons. The normalized spacial score (nSPS) is 14.1. The predicted octanol–water partition coefficient (Wildman–Crippen LogP) is 4.18. The number of rotatable bonds is 5. The van der Waals surface area contributed by atoms with Gasteiger partial charge in [-0.05, 0) is 24.6 Å². The second kappa shape index (κ2) is 6.05. The van der Waals surface area contributed by atoms with Crippen LogP contribution in [0.4, 0.5) is 0 Å². The highest BCUT2D eigenvalue weighted by Crippen LogP contribution is 2.31. The van der Waals surface area contributed by atoms with Crippen LogP contribution in [0.1, 0.15) is 12.5 Å². The maximum atomic E-state index is 9.20. The minimum Gasteiger partial charge on any atom is -0.251 e. The zero-order valence-electron chi connectivity index (χ0n) is 10.2.